The fourth-order valence-electron chi connectivity index (χ4n) is 3.74. The van der Waals surface area contributed by atoms with Gasteiger partial charge in [0.25, 0.3) is 0 Å². The highest BCUT2D eigenvalue weighted by Crippen LogP contribution is 2.38. The lowest BCUT2D eigenvalue weighted by Gasteiger charge is -2.27. The summed E-state index contributed by atoms with van der Waals surface area (Å²) in [6.45, 7) is 3.57. The molecule has 4 unspecified atom stereocenters. The number of aliphatic hydroxyl groups is 1. The Hall–Kier alpha value is -0.610. The molecular weight excluding hydrogens is 216 g/mol. The van der Waals surface area contributed by atoms with E-state index in [1.54, 1.807) is 0 Å². The molecule has 1 saturated carbocycles. The van der Waals surface area contributed by atoms with Crippen molar-refractivity contribution in [3.63, 3.8) is 0 Å². The van der Waals surface area contributed by atoms with Crippen LogP contribution in [0, 0.1) is 17.8 Å². The summed E-state index contributed by atoms with van der Waals surface area (Å²) in [4.78, 5) is 14.4. The number of amides is 1. The average molecular weight is 238 g/mol. The Morgan fingerprint density at radius 3 is 2.82 bits per heavy atom. The minimum Gasteiger partial charge on any atom is -0.393 e. The van der Waals surface area contributed by atoms with Gasteiger partial charge < -0.3 is 15.3 Å². The van der Waals surface area contributed by atoms with Crippen LogP contribution in [0.1, 0.15) is 25.7 Å². The number of nitrogens with one attached hydrogen (secondary N) is 1. The number of piperidine rings is 1. The van der Waals surface area contributed by atoms with Crippen molar-refractivity contribution in [1.29, 1.82) is 0 Å². The van der Waals surface area contributed by atoms with E-state index in [0.29, 0.717) is 17.7 Å². The number of likely N-dealkylation sites (tertiary alicyclic amines) is 1. The van der Waals surface area contributed by atoms with Gasteiger partial charge in [-0.3, -0.25) is 4.79 Å². The summed E-state index contributed by atoms with van der Waals surface area (Å²) in [5.41, 5.74) is 0. The van der Waals surface area contributed by atoms with Gasteiger partial charge in [0.2, 0.25) is 5.91 Å². The van der Waals surface area contributed by atoms with Gasteiger partial charge in [0, 0.05) is 25.6 Å². The molecule has 0 spiro atoms. The summed E-state index contributed by atoms with van der Waals surface area (Å²) < 4.78 is 0. The smallest absolute Gasteiger partial charge is 0.226 e. The van der Waals surface area contributed by atoms with Crippen molar-refractivity contribution in [3.05, 3.63) is 0 Å². The highest BCUT2D eigenvalue weighted by Gasteiger charge is 2.44. The Morgan fingerprint density at radius 1 is 1.24 bits per heavy atom. The van der Waals surface area contributed by atoms with E-state index >= 15 is 0 Å². The standard InChI is InChI=1S/C13H22N2O2/c16-12-4-3-10-7-15(8-11(10)12)13(17)9-2-1-5-14-6-9/h9-12,14,16H,1-8H2. The van der Waals surface area contributed by atoms with Gasteiger partial charge in [-0.15, -0.1) is 0 Å². The summed E-state index contributed by atoms with van der Waals surface area (Å²) >= 11 is 0. The van der Waals surface area contributed by atoms with Crippen molar-refractivity contribution in [2.75, 3.05) is 26.2 Å². The second kappa shape index (κ2) is 4.58. The van der Waals surface area contributed by atoms with Crippen LogP contribution in [-0.4, -0.2) is 48.2 Å². The van der Waals surface area contributed by atoms with Crippen molar-refractivity contribution in [2.45, 2.75) is 31.8 Å². The van der Waals surface area contributed by atoms with Crippen LogP contribution in [-0.2, 0) is 4.79 Å². The minimum absolute atomic E-state index is 0.165. The zero-order chi connectivity index (χ0) is 11.8. The van der Waals surface area contributed by atoms with Crippen molar-refractivity contribution in [1.82, 2.24) is 10.2 Å². The lowest BCUT2D eigenvalue weighted by molar-refractivity contribution is -0.135. The molecule has 2 heterocycles. The van der Waals surface area contributed by atoms with E-state index in [1.807, 2.05) is 4.90 Å². The second-order valence-electron chi connectivity index (χ2n) is 5.86. The Kier molecular flexibility index (Phi) is 3.09. The highest BCUT2D eigenvalue weighted by atomic mass is 16.3. The van der Waals surface area contributed by atoms with Gasteiger partial charge in [0.05, 0.1) is 12.0 Å². The van der Waals surface area contributed by atoms with Crippen LogP contribution in [0.4, 0.5) is 0 Å². The third-order valence-corrected chi connectivity index (χ3v) is 4.78. The molecule has 3 fully saturated rings. The molecule has 17 heavy (non-hydrogen) atoms. The molecule has 4 atom stereocenters. The molecule has 3 aliphatic rings. The van der Waals surface area contributed by atoms with Crippen molar-refractivity contribution in [3.8, 4) is 0 Å². The number of nitrogens with zero attached hydrogens (tertiary/aromatic N) is 1. The largest absolute Gasteiger partial charge is 0.393 e. The zero-order valence-electron chi connectivity index (χ0n) is 10.3. The number of fused-ring (bicyclic) bond motifs is 1. The minimum atomic E-state index is -0.165. The van der Waals surface area contributed by atoms with Crippen molar-refractivity contribution >= 4 is 5.91 Å². The molecule has 1 amide bonds. The number of carbonyl (C=O) groups is 1. The van der Waals surface area contributed by atoms with E-state index in [9.17, 15) is 9.90 Å². The predicted octanol–water partition coefficient (Wildman–Crippen LogP) is 0.215. The molecule has 0 aromatic carbocycles. The monoisotopic (exact) mass is 238 g/mol. The first-order valence-corrected chi connectivity index (χ1v) is 6.93. The highest BCUT2D eigenvalue weighted by molar-refractivity contribution is 5.79. The van der Waals surface area contributed by atoms with E-state index in [2.05, 4.69) is 5.32 Å². The lowest BCUT2D eigenvalue weighted by atomic mass is 9.98. The maximum absolute atomic E-state index is 12.3. The van der Waals surface area contributed by atoms with E-state index in [0.717, 1.165) is 51.9 Å². The summed E-state index contributed by atoms with van der Waals surface area (Å²) in [6.07, 6.45) is 4.00. The molecule has 0 aromatic rings. The van der Waals surface area contributed by atoms with Crippen LogP contribution in [0.5, 0.6) is 0 Å². The van der Waals surface area contributed by atoms with Gasteiger partial charge in [-0.05, 0) is 38.1 Å². The van der Waals surface area contributed by atoms with Crippen LogP contribution in [0.25, 0.3) is 0 Å². The Morgan fingerprint density at radius 2 is 2.12 bits per heavy atom. The van der Waals surface area contributed by atoms with E-state index < -0.39 is 0 Å². The number of rotatable bonds is 1. The molecule has 2 saturated heterocycles. The van der Waals surface area contributed by atoms with Crippen LogP contribution < -0.4 is 5.32 Å². The quantitative estimate of drug-likeness (QED) is 0.687. The molecule has 0 aromatic heterocycles. The summed E-state index contributed by atoms with van der Waals surface area (Å²) in [5, 5.41) is 13.2. The third kappa shape index (κ3) is 2.08. The number of carbonyl (C=O) groups excluding carboxylic acids is 1. The number of hydrogen-bond donors (Lipinski definition) is 2. The summed E-state index contributed by atoms with van der Waals surface area (Å²) in [5.74, 6) is 1.42. The fourth-order valence-corrected chi connectivity index (χ4v) is 3.74. The molecule has 1 aliphatic carbocycles. The average Bonchev–Trinajstić information content (AvgIpc) is 2.92. The van der Waals surface area contributed by atoms with E-state index in [4.69, 9.17) is 0 Å². The SMILES string of the molecule is O=C(C1CCCNC1)N1CC2CCC(O)C2C1. The number of aliphatic hydroxyl groups excluding tert-OH is 1. The molecule has 0 bridgehead atoms. The molecule has 0 radical (unpaired) electrons. The molecule has 2 aliphatic heterocycles. The van der Waals surface area contributed by atoms with Gasteiger partial charge in [0.15, 0.2) is 0 Å². The molecule has 3 rings (SSSR count). The molecular formula is C13H22N2O2. The van der Waals surface area contributed by atoms with E-state index in [1.165, 1.54) is 0 Å². The van der Waals surface area contributed by atoms with Crippen LogP contribution >= 0.6 is 0 Å². The van der Waals surface area contributed by atoms with Crippen LogP contribution in [0.2, 0.25) is 0 Å². The summed E-state index contributed by atoms with van der Waals surface area (Å²) in [7, 11) is 0. The van der Waals surface area contributed by atoms with Gasteiger partial charge in [-0.1, -0.05) is 0 Å². The Balaban J connectivity index is 1.60. The van der Waals surface area contributed by atoms with Gasteiger partial charge in [0.1, 0.15) is 0 Å². The first kappa shape index (κ1) is 11.5. The lowest BCUT2D eigenvalue weighted by Crippen LogP contribution is -2.42. The van der Waals surface area contributed by atoms with Crippen LogP contribution in [0.3, 0.4) is 0 Å². The first-order valence-electron chi connectivity index (χ1n) is 6.93. The van der Waals surface area contributed by atoms with Crippen molar-refractivity contribution < 1.29 is 9.90 Å². The van der Waals surface area contributed by atoms with Gasteiger partial charge in [-0.2, -0.15) is 0 Å². The van der Waals surface area contributed by atoms with E-state index in [-0.39, 0.29) is 12.0 Å². The molecule has 2 N–H and O–H groups in total. The first-order chi connectivity index (χ1) is 8.25. The Bertz CT molecular complexity index is 302. The maximum Gasteiger partial charge on any atom is 0.226 e. The fraction of sp³-hybridized carbons (Fsp3) is 0.923. The number of hydrogen-bond acceptors (Lipinski definition) is 3. The predicted molar refractivity (Wildman–Crippen MR) is 64.4 cm³/mol. The summed E-state index contributed by atoms with van der Waals surface area (Å²) in [6, 6.07) is 0. The van der Waals surface area contributed by atoms with Gasteiger partial charge in [-0.25, -0.2) is 0 Å². The van der Waals surface area contributed by atoms with Crippen molar-refractivity contribution in [2.24, 2.45) is 17.8 Å². The maximum atomic E-state index is 12.3. The second-order valence-corrected chi connectivity index (χ2v) is 5.86. The normalized spacial score (nSPS) is 41.6. The zero-order valence-corrected chi connectivity index (χ0v) is 10.3. The topological polar surface area (TPSA) is 52.6 Å². The van der Waals surface area contributed by atoms with Crippen LogP contribution in [0.15, 0.2) is 0 Å². The molecule has 4 nitrogen and oxygen atoms in total. The van der Waals surface area contributed by atoms with Gasteiger partial charge >= 0.3 is 0 Å². The molecule has 4 heteroatoms. The molecule has 96 valence electrons. The third-order valence-electron chi connectivity index (χ3n) is 4.78. The Labute approximate surface area is 102 Å².